The van der Waals surface area contributed by atoms with E-state index >= 15 is 0 Å². The summed E-state index contributed by atoms with van der Waals surface area (Å²) in [7, 11) is 5.59. The number of hydrogen-bond donors (Lipinski definition) is 1. The molecule has 156 valence electrons. The van der Waals surface area contributed by atoms with Crippen molar-refractivity contribution in [2.24, 2.45) is 0 Å². The van der Waals surface area contributed by atoms with Gasteiger partial charge in [-0.05, 0) is 49.3 Å². The fraction of sp³-hybridized carbons (Fsp3) is 0.292. The van der Waals surface area contributed by atoms with Crippen LogP contribution in [0.3, 0.4) is 0 Å². The predicted molar refractivity (Wildman–Crippen MR) is 122 cm³/mol. The zero-order valence-electron chi connectivity index (χ0n) is 17.4. The Kier molecular flexibility index (Phi) is 5.99. The highest BCUT2D eigenvalue weighted by Gasteiger charge is 2.36. The summed E-state index contributed by atoms with van der Waals surface area (Å²) in [4.78, 5) is 18.3. The number of nitrogens with zero attached hydrogens (tertiary/aromatic N) is 2. The van der Waals surface area contributed by atoms with Gasteiger partial charge in [-0.2, -0.15) is 0 Å². The number of benzene rings is 3. The van der Waals surface area contributed by atoms with E-state index in [9.17, 15) is 9.90 Å². The number of amides is 1. The molecular formula is C24H26N2O3S. The SMILES string of the molecule is COc1ccc(C2Sc3cccc4cccc(c34)N(CCN(C)C)C(=O)C2O)cc1. The number of thioether (sulfide) groups is 1. The second-order valence-corrected chi connectivity index (χ2v) is 8.86. The molecule has 0 bridgehead atoms. The third-order valence-corrected chi connectivity index (χ3v) is 6.79. The van der Waals surface area contributed by atoms with Crippen LogP contribution in [0, 0.1) is 0 Å². The van der Waals surface area contributed by atoms with Crippen LogP contribution in [-0.2, 0) is 4.79 Å². The molecule has 0 aromatic heterocycles. The predicted octanol–water partition coefficient (Wildman–Crippen LogP) is 3.95. The quantitative estimate of drug-likeness (QED) is 0.675. The Morgan fingerprint density at radius 2 is 1.77 bits per heavy atom. The molecule has 0 aliphatic carbocycles. The molecule has 1 heterocycles. The van der Waals surface area contributed by atoms with E-state index in [0.717, 1.165) is 32.7 Å². The van der Waals surface area contributed by atoms with Gasteiger partial charge in [0.15, 0.2) is 0 Å². The zero-order chi connectivity index (χ0) is 21.3. The number of anilines is 1. The zero-order valence-corrected chi connectivity index (χ0v) is 18.2. The van der Waals surface area contributed by atoms with Crippen molar-refractivity contribution in [2.45, 2.75) is 16.2 Å². The van der Waals surface area contributed by atoms with Crippen LogP contribution in [0.2, 0.25) is 0 Å². The van der Waals surface area contributed by atoms with Crippen molar-refractivity contribution < 1.29 is 14.6 Å². The lowest BCUT2D eigenvalue weighted by Crippen LogP contribution is -2.45. The molecule has 4 rings (SSSR count). The fourth-order valence-electron chi connectivity index (χ4n) is 3.79. The number of methoxy groups -OCH3 is 1. The van der Waals surface area contributed by atoms with E-state index in [1.54, 1.807) is 12.0 Å². The maximum atomic E-state index is 13.5. The molecule has 0 saturated carbocycles. The van der Waals surface area contributed by atoms with Gasteiger partial charge in [-0.15, -0.1) is 11.8 Å². The lowest BCUT2D eigenvalue weighted by Gasteiger charge is -2.33. The van der Waals surface area contributed by atoms with Crippen molar-refractivity contribution >= 4 is 34.1 Å². The second kappa shape index (κ2) is 8.68. The van der Waals surface area contributed by atoms with Gasteiger partial charge >= 0.3 is 0 Å². The number of ether oxygens (including phenoxy) is 1. The maximum Gasteiger partial charge on any atom is 0.257 e. The van der Waals surface area contributed by atoms with Gasteiger partial charge < -0.3 is 19.6 Å². The Morgan fingerprint density at radius 1 is 1.07 bits per heavy atom. The third kappa shape index (κ3) is 3.90. The molecule has 30 heavy (non-hydrogen) atoms. The van der Waals surface area contributed by atoms with E-state index in [4.69, 9.17) is 4.74 Å². The molecule has 3 aromatic carbocycles. The summed E-state index contributed by atoms with van der Waals surface area (Å²) >= 11 is 1.54. The highest BCUT2D eigenvalue weighted by molar-refractivity contribution is 7.99. The van der Waals surface area contributed by atoms with Gasteiger partial charge in [0, 0.05) is 23.4 Å². The van der Waals surface area contributed by atoms with Crippen LogP contribution in [0.15, 0.2) is 65.6 Å². The topological polar surface area (TPSA) is 53.0 Å². The monoisotopic (exact) mass is 422 g/mol. The highest BCUT2D eigenvalue weighted by Crippen LogP contribution is 2.46. The van der Waals surface area contributed by atoms with E-state index < -0.39 is 11.4 Å². The fourth-order valence-corrected chi connectivity index (χ4v) is 5.10. The van der Waals surface area contributed by atoms with Gasteiger partial charge in [0.05, 0.1) is 18.0 Å². The molecular weight excluding hydrogens is 396 g/mol. The summed E-state index contributed by atoms with van der Waals surface area (Å²) in [5, 5.41) is 12.9. The molecule has 5 nitrogen and oxygen atoms in total. The van der Waals surface area contributed by atoms with Crippen LogP contribution in [0.5, 0.6) is 5.75 Å². The number of aliphatic hydroxyl groups excluding tert-OH is 1. The Morgan fingerprint density at radius 3 is 2.43 bits per heavy atom. The number of likely N-dealkylation sites (N-methyl/N-ethyl adjacent to an activating group) is 1. The molecule has 2 atom stereocenters. The second-order valence-electron chi connectivity index (χ2n) is 7.68. The summed E-state index contributed by atoms with van der Waals surface area (Å²) in [5.74, 6) is 0.475. The van der Waals surface area contributed by atoms with Gasteiger partial charge in [0.2, 0.25) is 0 Å². The Bertz CT molecular complexity index is 1050. The van der Waals surface area contributed by atoms with Crippen LogP contribution in [-0.4, -0.2) is 56.3 Å². The van der Waals surface area contributed by atoms with E-state index in [0.29, 0.717) is 13.1 Å². The summed E-state index contributed by atoms with van der Waals surface area (Å²) in [5.41, 5.74) is 1.75. The van der Waals surface area contributed by atoms with Crippen LogP contribution in [0.25, 0.3) is 10.8 Å². The van der Waals surface area contributed by atoms with Crippen molar-refractivity contribution in [1.82, 2.24) is 4.90 Å². The van der Waals surface area contributed by atoms with Crippen LogP contribution in [0.1, 0.15) is 10.8 Å². The van der Waals surface area contributed by atoms with Crippen molar-refractivity contribution in [3.63, 3.8) is 0 Å². The molecule has 0 fully saturated rings. The van der Waals surface area contributed by atoms with Crippen molar-refractivity contribution in [3.8, 4) is 5.75 Å². The number of aliphatic hydroxyl groups is 1. The molecule has 1 N–H and O–H groups in total. The average molecular weight is 423 g/mol. The lowest BCUT2D eigenvalue weighted by atomic mass is 10.0. The summed E-state index contributed by atoms with van der Waals surface area (Å²) in [6.45, 7) is 1.22. The smallest absolute Gasteiger partial charge is 0.257 e. The molecule has 0 radical (unpaired) electrons. The first kappa shape index (κ1) is 20.7. The number of hydrogen-bond acceptors (Lipinski definition) is 5. The molecule has 0 saturated heterocycles. The van der Waals surface area contributed by atoms with E-state index in [1.165, 1.54) is 11.8 Å². The van der Waals surface area contributed by atoms with Gasteiger partial charge in [0.1, 0.15) is 11.9 Å². The van der Waals surface area contributed by atoms with Gasteiger partial charge in [0.25, 0.3) is 5.91 Å². The number of carbonyl (C=O) groups is 1. The van der Waals surface area contributed by atoms with Gasteiger partial charge in [-0.3, -0.25) is 4.79 Å². The first-order valence-electron chi connectivity index (χ1n) is 9.96. The largest absolute Gasteiger partial charge is 0.497 e. The third-order valence-electron chi connectivity index (χ3n) is 5.41. The molecule has 3 aromatic rings. The van der Waals surface area contributed by atoms with Gasteiger partial charge in [-0.1, -0.05) is 36.4 Å². The van der Waals surface area contributed by atoms with Crippen LogP contribution >= 0.6 is 11.8 Å². The minimum Gasteiger partial charge on any atom is -0.497 e. The molecule has 6 heteroatoms. The number of rotatable bonds is 5. The van der Waals surface area contributed by atoms with Gasteiger partial charge in [-0.25, -0.2) is 0 Å². The summed E-state index contributed by atoms with van der Waals surface area (Å²) < 4.78 is 5.26. The van der Waals surface area contributed by atoms with E-state index in [2.05, 4.69) is 18.2 Å². The first-order chi connectivity index (χ1) is 14.5. The van der Waals surface area contributed by atoms with E-state index in [1.807, 2.05) is 61.5 Å². The van der Waals surface area contributed by atoms with Crippen LogP contribution in [0.4, 0.5) is 5.69 Å². The lowest BCUT2D eigenvalue weighted by molar-refractivity contribution is -0.126. The Hall–Kier alpha value is -2.54. The Balaban J connectivity index is 1.86. The molecule has 2 unspecified atom stereocenters. The summed E-state index contributed by atoms with van der Waals surface area (Å²) in [6, 6.07) is 19.7. The Labute approximate surface area is 181 Å². The van der Waals surface area contributed by atoms with Crippen LogP contribution < -0.4 is 9.64 Å². The number of carbonyl (C=O) groups excluding carboxylic acids is 1. The molecule has 1 aliphatic rings. The minimum atomic E-state index is -1.16. The van der Waals surface area contributed by atoms with Crippen molar-refractivity contribution in [2.75, 3.05) is 39.2 Å². The molecule has 1 aliphatic heterocycles. The maximum absolute atomic E-state index is 13.5. The molecule has 0 spiro atoms. The van der Waals surface area contributed by atoms with Crippen molar-refractivity contribution in [1.29, 1.82) is 0 Å². The normalized spacial score (nSPS) is 19.1. The van der Waals surface area contributed by atoms with E-state index in [-0.39, 0.29) is 5.91 Å². The minimum absolute atomic E-state index is 0.271. The highest BCUT2D eigenvalue weighted by atomic mass is 32.2. The standard InChI is InChI=1S/C24H26N2O3S/c1-25(2)14-15-26-19-8-4-6-16-7-5-9-20(21(16)19)30-23(22(27)24(26)28)17-10-12-18(29-3)13-11-17/h4-13,22-23,27H,14-15H2,1-3H3. The first-order valence-corrected chi connectivity index (χ1v) is 10.8. The average Bonchev–Trinajstić information content (AvgIpc) is 2.76. The molecule has 1 amide bonds. The van der Waals surface area contributed by atoms with Crippen molar-refractivity contribution in [3.05, 3.63) is 66.2 Å². The summed E-state index contributed by atoms with van der Waals surface area (Å²) in [6.07, 6.45) is -1.16.